The third-order valence-corrected chi connectivity index (χ3v) is 5.33. The molecule has 0 saturated heterocycles. The summed E-state index contributed by atoms with van der Waals surface area (Å²) in [6.45, 7) is 3.81. The SMILES string of the molecule is CC(C)c1nc(NCS(C)(=O)=O)nc(-c2ccc(F)cc2)c1/C=C/CC[C@H](O)C(O)C(=O)O. The first-order chi connectivity index (χ1) is 15.4. The number of sulfone groups is 1. The lowest BCUT2D eigenvalue weighted by molar-refractivity contribution is -0.152. The Morgan fingerprint density at radius 1 is 1.18 bits per heavy atom. The molecule has 9 nitrogen and oxygen atoms in total. The Morgan fingerprint density at radius 3 is 2.36 bits per heavy atom. The number of nitrogens with one attached hydrogen (secondary N) is 1. The van der Waals surface area contributed by atoms with Crippen LogP contribution in [0.25, 0.3) is 17.3 Å². The van der Waals surface area contributed by atoms with Gasteiger partial charge in [-0.25, -0.2) is 27.6 Å². The highest BCUT2D eigenvalue weighted by Crippen LogP contribution is 2.30. The van der Waals surface area contributed by atoms with Crippen molar-refractivity contribution < 1.29 is 32.9 Å². The molecule has 0 aliphatic rings. The molecular weight excluding hydrogens is 453 g/mol. The molecule has 2 aromatic rings. The van der Waals surface area contributed by atoms with Gasteiger partial charge in [0.25, 0.3) is 0 Å². The fourth-order valence-electron chi connectivity index (χ4n) is 2.98. The van der Waals surface area contributed by atoms with E-state index in [1.165, 1.54) is 12.1 Å². The van der Waals surface area contributed by atoms with Crippen molar-refractivity contribution in [3.63, 3.8) is 0 Å². The third-order valence-electron chi connectivity index (χ3n) is 4.66. The van der Waals surface area contributed by atoms with Crippen LogP contribution in [0.3, 0.4) is 0 Å². The van der Waals surface area contributed by atoms with E-state index in [4.69, 9.17) is 5.11 Å². The summed E-state index contributed by atoms with van der Waals surface area (Å²) in [6, 6.07) is 5.67. The van der Waals surface area contributed by atoms with Crippen LogP contribution in [0.5, 0.6) is 0 Å². The van der Waals surface area contributed by atoms with Gasteiger partial charge < -0.3 is 20.6 Å². The Labute approximate surface area is 192 Å². The van der Waals surface area contributed by atoms with E-state index >= 15 is 0 Å². The van der Waals surface area contributed by atoms with Crippen LogP contribution in [0.4, 0.5) is 10.3 Å². The van der Waals surface area contributed by atoms with Gasteiger partial charge in [-0.3, -0.25) is 0 Å². The second-order valence-electron chi connectivity index (χ2n) is 7.93. The third kappa shape index (κ3) is 7.88. The zero-order valence-corrected chi connectivity index (χ0v) is 19.4. The Balaban J connectivity index is 2.45. The summed E-state index contributed by atoms with van der Waals surface area (Å²) in [5.74, 6) is -2.24. The highest BCUT2D eigenvalue weighted by molar-refractivity contribution is 7.90. The highest BCUT2D eigenvalue weighted by atomic mass is 32.2. The molecule has 1 unspecified atom stereocenters. The number of nitrogens with zero attached hydrogens (tertiary/aromatic N) is 2. The van der Waals surface area contributed by atoms with Crippen molar-refractivity contribution in [3.8, 4) is 11.3 Å². The smallest absolute Gasteiger partial charge is 0.335 e. The molecule has 0 amide bonds. The van der Waals surface area contributed by atoms with Crippen molar-refractivity contribution in [3.05, 3.63) is 47.4 Å². The lowest BCUT2D eigenvalue weighted by Crippen LogP contribution is -2.33. The normalized spacial score (nSPS) is 13.9. The van der Waals surface area contributed by atoms with Crippen LogP contribution in [0.1, 0.15) is 43.9 Å². The van der Waals surface area contributed by atoms with E-state index in [1.807, 2.05) is 13.8 Å². The molecule has 0 aliphatic heterocycles. The highest BCUT2D eigenvalue weighted by Gasteiger charge is 2.22. The quantitative estimate of drug-likeness (QED) is 0.379. The molecule has 4 N–H and O–H groups in total. The molecule has 0 aliphatic carbocycles. The monoisotopic (exact) mass is 481 g/mol. The van der Waals surface area contributed by atoms with E-state index in [9.17, 15) is 27.8 Å². The maximum atomic E-state index is 13.5. The molecule has 11 heteroatoms. The Hall–Kier alpha value is -2.89. The van der Waals surface area contributed by atoms with Crippen LogP contribution in [0.2, 0.25) is 0 Å². The van der Waals surface area contributed by atoms with E-state index in [2.05, 4.69) is 15.3 Å². The van der Waals surface area contributed by atoms with Gasteiger partial charge in [-0.2, -0.15) is 0 Å². The summed E-state index contributed by atoms with van der Waals surface area (Å²) in [7, 11) is -3.33. The van der Waals surface area contributed by atoms with Crippen molar-refractivity contribution in [1.29, 1.82) is 0 Å². The number of aliphatic carboxylic acids is 1. The lowest BCUT2D eigenvalue weighted by atomic mass is 9.97. The topological polar surface area (TPSA) is 150 Å². The Kier molecular flexibility index (Phi) is 9.03. The number of allylic oxidation sites excluding steroid dienone is 1. The summed E-state index contributed by atoms with van der Waals surface area (Å²) in [5, 5.41) is 30.7. The summed E-state index contributed by atoms with van der Waals surface area (Å²) >= 11 is 0. The number of hydrogen-bond donors (Lipinski definition) is 4. The lowest BCUT2D eigenvalue weighted by Gasteiger charge is -2.16. The first kappa shape index (κ1) is 26.4. The van der Waals surface area contributed by atoms with Gasteiger partial charge >= 0.3 is 5.97 Å². The van der Waals surface area contributed by atoms with Gasteiger partial charge in [0.1, 0.15) is 11.7 Å². The van der Waals surface area contributed by atoms with Crippen molar-refractivity contribution in [1.82, 2.24) is 9.97 Å². The molecular formula is C22H28FN3O6S. The first-order valence-electron chi connectivity index (χ1n) is 10.2. The molecule has 1 aromatic heterocycles. The van der Waals surface area contributed by atoms with Crippen LogP contribution in [0, 0.1) is 5.82 Å². The minimum atomic E-state index is -3.33. The molecule has 0 bridgehead atoms. The number of aromatic nitrogens is 2. The van der Waals surface area contributed by atoms with Crippen molar-refractivity contribution in [2.24, 2.45) is 0 Å². The molecule has 1 heterocycles. The van der Waals surface area contributed by atoms with Gasteiger partial charge in [0, 0.05) is 17.4 Å². The number of hydrogen-bond acceptors (Lipinski definition) is 8. The van der Waals surface area contributed by atoms with E-state index in [0.717, 1.165) is 6.26 Å². The largest absolute Gasteiger partial charge is 0.479 e. The Morgan fingerprint density at radius 2 is 1.82 bits per heavy atom. The van der Waals surface area contributed by atoms with Crippen molar-refractivity contribution >= 4 is 27.8 Å². The molecule has 1 aromatic carbocycles. The maximum Gasteiger partial charge on any atom is 0.335 e. The predicted molar refractivity (Wildman–Crippen MR) is 123 cm³/mol. The molecule has 2 atom stereocenters. The van der Waals surface area contributed by atoms with E-state index in [-0.39, 0.29) is 30.6 Å². The van der Waals surface area contributed by atoms with Crippen LogP contribution in [-0.2, 0) is 14.6 Å². The van der Waals surface area contributed by atoms with Crippen molar-refractivity contribution in [2.75, 3.05) is 17.4 Å². The zero-order chi connectivity index (χ0) is 24.8. The summed E-state index contributed by atoms with van der Waals surface area (Å²) in [6.07, 6.45) is 1.47. The van der Waals surface area contributed by atoms with Crippen LogP contribution in [0.15, 0.2) is 30.3 Å². The molecule has 2 rings (SSSR count). The average Bonchev–Trinajstić information content (AvgIpc) is 2.74. The van der Waals surface area contributed by atoms with E-state index in [0.29, 0.717) is 22.5 Å². The minimum Gasteiger partial charge on any atom is -0.479 e. The van der Waals surface area contributed by atoms with Gasteiger partial charge in [0.2, 0.25) is 5.95 Å². The van der Waals surface area contributed by atoms with Crippen molar-refractivity contribution in [2.45, 2.75) is 44.8 Å². The summed E-state index contributed by atoms with van der Waals surface area (Å²) in [4.78, 5) is 19.7. The Bertz CT molecular complexity index is 1100. The second kappa shape index (κ2) is 11.3. The van der Waals surface area contributed by atoms with Crippen LogP contribution >= 0.6 is 0 Å². The van der Waals surface area contributed by atoms with Crippen LogP contribution in [-0.4, -0.2) is 64.0 Å². The number of rotatable bonds is 11. The fraction of sp³-hybridized carbons (Fsp3) is 0.409. The zero-order valence-electron chi connectivity index (χ0n) is 18.6. The predicted octanol–water partition coefficient (Wildman–Crippen LogP) is 2.42. The molecule has 33 heavy (non-hydrogen) atoms. The van der Waals surface area contributed by atoms with Gasteiger partial charge in [0.15, 0.2) is 15.9 Å². The van der Waals surface area contributed by atoms with Gasteiger partial charge in [-0.1, -0.05) is 26.0 Å². The first-order valence-corrected chi connectivity index (χ1v) is 12.3. The number of halogens is 1. The number of anilines is 1. The minimum absolute atomic E-state index is 0.0156. The number of aliphatic hydroxyl groups excluding tert-OH is 2. The fourth-order valence-corrected chi connectivity index (χ4v) is 3.38. The summed E-state index contributed by atoms with van der Waals surface area (Å²) in [5.41, 5.74) is 2.27. The molecule has 180 valence electrons. The van der Waals surface area contributed by atoms with Gasteiger partial charge in [0.05, 0.1) is 17.5 Å². The van der Waals surface area contributed by atoms with Gasteiger partial charge in [-0.05, 0) is 43.0 Å². The molecule has 0 saturated carbocycles. The maximum absolute atomic E-state index is 13.5. The second-order valence-corrected chi connectivity index (χ2v) is 10.1. The average molecular weight is 482 g/mol. The molecule has 0 spiro atoms. The van der Waals surface area contributed by atoms with E-state index in [1.54, 1.807) is 24.3 Å². The number of carboxylic acids is 1. The summed E-state index contributed by atoms with van der Waals surface area (Å²) < 4.78 is 36.6. The molecule has 0 fully saturated rings. The number of aliphatic hydroxyl groups is 2. The number of carboxylic acid groups (broad SMARTS) is 1. The standard InChI is InChI=1S/C22H28FN3O6S/c1-13(2)18-16(6-4-5-7-17(27)20(28)21(29)30)19(14-8-10-15(23)11-9-14)26-22(25-18)24-12-33(3,31)32/h4,6,8-11,13,17,20,27-28H,5,7,12H2,1-3H3,(H,29,30)(H,24,25,26)/b6-4+/t17-,20?/m0/s1. The molecule has 0 radical (unpaired) electrons. The number of carbonyl (C=O) groups is 1. The van der Waals surface area contributed by atoms with Gasteiger partial charge in [-0.15, -0.1) is 0 Å². The number of benzene rings is 1. The van der Waals surface area contributed by atoms with Crippen LogP contribution < -0.4 is 5.32 Å². The van der Waals surface area contributed by atoms with E-state index < -0.39 is 33.8 Å².